The number of para-hydroxylation sites is 3. The summed E-state index contributed by atoms with van der Waals surface area (Å²) in [5, 5.41) is 9.69. The molecule has 0 N–H and O–H groups in total. The lowest BCUT2D eigenvalue weighted by Gasteiger charge is -2.27. The second kappa shape index (κ2) is 15.5. The average molecular weight is 885 g/mol. The van der Waals surface area contributed by atoms with Crippen LogP contribution in [0.1, 0.15) is 0 Å². The van der Waals surface area contributed by atoms with Gasteiger partial charge in [-0.05, 0) is 130 Å². The first kappa shape index (κ1) is 38.6. The number of benzene rings is 11. The predicted octanol–water partition coefficient (Wildman–Crippen LogP) is 18.7. The Hall–Kier alpha value is -8.70. The lowest BCUT2D eigenvalue weighted by Crippen LogP contribution is -2.10. The van der Waals surface area contributed by atoms with Crippen LogP contribution in [0, 0.1) is 0 Å². The second-order valence-corrected chi connectivity index (χ2v) is 18.7. The Bertz CT molecular complexity index is 4230. The smallest absolute Gasteiger partial charge is 0.145 e. The van der Waals surface area contributed by atoms with Crippen molar-refractivity contribution in [3.63, 3.8) is 0 Å². The Kier molecular flexibility index (Phi) is 8.76. The van der Waals surface area contributed by atoms with Gasteiger partial charge < -0.3 is 13.9 Å². The first-order chi connectivity index (χ1) is 33.7. The number of hydrogen-bond acceptors (Lipinski definition) is 3. The Morgan fingerprint density at radius 3 is 1.69 bits per heavy atom. The fourth-order valence-corrected chi connectivity index (χ4v) is 11.7. The fraction of sp³-hybridized carbons (Fsp3) is 0. The quantitative estimate of drug-likeness (QED) is 0.159. The van der Waals surface area contributed by atoms with E-state index in [1.807, 2.05) is 11.3 Å². The van der Waals surface area contributed by atoms with Gasteiger partial charge in [0, 0.05) is 59.0 Å². The van der Waals surface area contributed by atoms with Gasteiger partial charge >= 0.3 is 0 Å². The molecule has 0 aliphatic carbocycles. The van der Waals surface area contributed by atoms with Crippen molar-refractivity contribution in [2.24, 2.45) is 0 Å². The molecule has 3 aromatic heterocycles. The van der Waals surface area contributed by atoms with Crippen molar-refractivity contribution in [3.05, 3.63) is 243 Å². The zero-order chi connectivity index (χ0) is 44.7. The summed E-state index contributed by atoms with van der Waals surface area (Å²) in [4.78, 5) is 2.42. The van der Waals surface area contributed by atoms with Crippen molar-refractivity contribution in [2.75, 3.05) is 4.90 Å². The molecule has 0 amide bonds. The van der Waals surface area contributed by atoms with Crippen molar-refractivity contribution in [3.8, 4) is 39.1 Å². The highest BCUT2D eigenvalue weighted by molar-refractivity contribution is 7.25. The van der Waals surface area contributed by atoms with Gasteiger partial charge in [0.25, 0.3) is 0 Å². The molecule has 0 spiro atoms. The van der Waals surface area contributed by atoms with Gasteiger partial charge in [-0.3, -0.25) is 0 Å². The van der Waals surface area contributed by atoms with Crippen LogP contribution in [0.3, 0.4) is 0 Å². The summed E-state index contributed by atoms with van der Waals surface area (Å²) in [6.45, 7) is 0. The van der Waals surface area contributed by atoms with Gasteiger partial charge in [-0.1, -0.05) is 152 Å². The van der Waals surface area contributed by atoms with Gasteiger partial charge in [0.1, 0.15) is 11.2 Å². The van der Waals surface area contributed by atoms with Gasteiger partial charge in [0.15, 0.2) is 0 Å². The Balaban J connectivity index is 0.953. The van der Waals surface area contributed by atoms with Crippen LogP contribution in [0.25, 0.3) is 114 Å². The molecule has 14 aromatic rings. The monoisotopic (exact) mass is 884 g/mol. The van der Waals surface area contributed by atoms with Gasteiger partial charge in [-0.25, -0.2) is 0 Å². The summed E-state index contributed by atoms with van der Waals surface area (Å²) in [5.41, 5.74) is 15.2. The Labute approximate surface area is 396 Å². The number of aromatic nitrogens is 1. The summed E-state index contributed by atoms with van der Waals surface area (Å²) in [6.07, 6.45) is 0. The van der Waals surface area contributed by atoms with E-state index in [1.165, 1.54) is 63.9 Å². The molecule has 4 heteroatoms. The minimum Gasteiger partial charge on any atom is -0.455 e. The molecule has 0 bridgehead atoms. The molecule has 0 aliphatic heterocycles. The summed E-state index contributed by atoms with van der Waals surface area (Å²) < 4.78 is 12.0. The minimum atomic E-state index is 0.855. The summed E-state index contributed by atoms with van der Waals surface area (Å²) >= 11 is 1.85. The summed E-state index contributed by atoms with van der Waals surface area (Å²) in [5.74, 6) is 0. The number of nitrogens with zero attached hydrogens (tertiary/aromatic N) is 2. The van der Waals surface area contributed by atoms with E-state index in [2.05, 4.69) is 252 Å². The molecule has 3 heterocycles. The SMILES string of the molecule is c1cc(-c2ccc3ccccc3c2)cc(N(c2cccc(-c3ccc4sc5ccccc5c4c3)c2)c2ccc(-c3ccc(-n4c5ccccc5c5ccccc54)cc3)c3oc4ccccc4c23)c1. The fourth-order valence-electron chi connectivity index (χ4n) is 10.6. The molecule has 3 nitrogen and oxygen atoms in total. The average Bonchev–Trinajstić information content (AvgIpc) is 4.09. The molecule has 11 aromatic carbocycles. The molecular weight excluding hydrogens is 845 g/mol. The predicted molar refractivity (Wildman–Crippen MR) is 289 cm³/mol. The Morgan fingerprint density at radius 2 is 0.941 bits per heavy atom. The van der Waals surface area contributed by atoms with Crippen LogP contribution in [0.15, 0.2) is 247 Å². The molecule has 318 valence electrons. The van der Waals surface area contributed by atoms with Gasteiger partial charge in [-0.15, -0.1) is 11.3 Å². The van der Waals surface area contributed by atoms with Crippen LogP contribution in [0.5, 0.6) is 0 Å². The molecular formula is C64H40N2OS. The van der Waals surface area contributed by atoms with E-state index >= 15 is 0 Å². The lowest BCUT2D eigenvalue weighted by molar-refractivity contribution is 0.670. The van der Waals surface area contributed by atoms with Crippen molar-refractivity contribution in [1.82, 2.24) is 4.57 Å². The maximum Gasteiger partial charge on any atom is 0.145 e. The number of hydrogen-bond donors (Lipinski definition) is 0. The van der Waals surface area contributed by atoms with Crippen LogP contribution >= 0.6 is 11.3 Å². The largest absolute Gasteiger partial charge is 0.455 e. The van der Waals surface area contributed by atoms with E-state index in [1.54, 1.807) is 0 Å². The van der Waals surface area contributed by atoms with Crippen molar-refractivity contribution < 1.29 is 4.42 Å². The zero-order valence-corrected chi connectivity index (χ0v) is 37.6. The van der Waals surface area contributed by atoms with E-state index in [4.69, 9.17) is 4.42 Å². The Morgan fingerprint density at radius 1 is 0.368 bits per heavy atom. The third-order valence-electron chi connectivity index (χ3n) is 13.8. The molecule has 0 saturated carbocycles. The summed E-state index contributed by atoms with van der Waals surface area (Å²) in [6, 6.07) is 88.2. The van der Waals surface area contributed by atoms with Crippen molar-refractivity contribution in [2.45, 2.75) is 0 Å². The highest BCUT2D eigenvalue weighted by Gasteiger charge is 2.23. The van der Waals surface area contributed by atoms with Crippen LogP contribution in [-0.4, -0.2) is 4.57 Å². The number of anilines is 3. The standard InChI is InChI=1S/C64H40N2OS/c1-2-14-43-37-46(28-27-41(43)13-1)44-15-11-17-49(38-44)65(50-18-12-16-45(39-50)47-31-36-62-56(40-47)54-21-6-10-26-61(54)68-62)59-35-34-51(64-63(59)55-22-5-9-25-60(55)67-64)42-29-32-48(33-30-42)66-57-23-7-3-19-52(57)53-20-4-8-24-58(53)66/h1-40H. The molecule has 14 rings (SSSR count). The molecule has 0 radical (unpaired) electrons. The van der Waals surface area contributed by atoms with E-state index in [0.717, 1.165) is 66.9 Å². The zero-order valence-electron chi connectivity index (χ0n) is 36.8. The van der Waals surface area contributed by atoms with Crippen LogP contribution in [-0.2, 0) is 0 Å². The minimum absolute atomic E-state index is 0.855. The van der Waals surface area contributed by atoms with E-state index in [-0.39, 0.29) is 0 Å². The number of rotatable bonds is 7. The molecule has 0 atom stereocenters. The van der Waals surface area contributed by atoms with Gasteiger partial charge in [0.2, 0.25) is 0 Å². The number of fused-ring (bicyclic) bond motifs is 10. The van der Waals surface area contributed by atoms with Crippen molar-refractivity contribution >= 4 is 103 Å². The first-order valence-corrected chi connectivity index (χ1v) is 24.0. The van der Waals surface area contributed by atoms with Crippen LogP contribution in [0.4, 0.5) is 17.1 Å². The van der Waals surface area contributed by atoms with E-state index in [9.17, 15) is 0 Å². The van der Waals surface area contributed by atoms with Gasteiger partial charge in [-0.2, -0.15) is 0 Å². The molecule has 0 unspecified atom stereocenters. The number of thiophene rings is 1. The van der Waals surface area contributed by atoms with Crippen molar-refractivity contribution in [1.29, 1.82) is 0 Å². The van der Waals surface area contributed by atoms with Crippen LogP contribution in [0.2, 0.25) is 0 Å². The maximum absolute atomic E-state index is 6.98. The molecule has 0 fully saturated rings. The van der Waals surface area contributed by atoms with Crippen LogP contribution < -0.4 is 4.90 Å². The van der Waals surface area contributed by atoms with E-state index < -0.39 is 0 Å². The molecule has 0 aliphatic rings. The lowest BCUT2D eigenvalue weighted by atomic mass is 9.98. The summed E-state index contributed by atoms with van der Waals surface area (Å²) in [7, 11) is 0. The molecule has 68 heavy (non-hydrogen) atoms. The first-order valence-electron chi connectivity index (χ1n) is 23.1. The topological polar surface area (TPSA) is 21.3 Å². The highest BCUT2D eigenvalue weighted by Crippen LogP contribution is 2.48. The maximum atomic E-state index is 6.98. The second-order valence-electron chi connectivity index (χ2n) is 17.7. The third-order valence-corrected chi connectivity index (χ3v) is 14.9. The molecule has 0 saturated heterocycles. The van der Waals surface area contributed by atoms with Gasteiger partial charge in [0.05, 0.1) is 22.1 Å². The third kappa shape index (κ3) is 6.19. The normalized spacial score (nSPS) is 11.8. The highest BCUT2D eigenvalue weighted by atomic mass is 32.1. The van der Waals surface area contributed by atoms with E-state index in [0.29, 0.717) is 0 Å². The number of furan rings is 1.